The second kappa shape index (κ2) is 5.41. The fourth-order valence-corrected chi connectivity index (χ4v) is 2.22. The average Bonchev–Trinajstić information content (AvgIpc) is 2.19. The van der Waals surface area contributed by atoms with Gasteiger partial charge in [-0.25, -0.2) is 9.18 Å². The lowest BCUT2D eigenvalue weighted by Crippen LogP contribution is -2.04. The highest BCUT2D eigenvalue weighted by molar-refractivity contribution is 9.24. The van der Waals surface area contributed by atoms with Crippen molar-refractivity contribution in [1.82, 2.24) is 0 Å². The van der Waals surface area contributed by atoms with Crippen LogP contribution in [0.25, 0.3) is 0 Å². The first-order valence-corrected chi connectivity index (χ1v) is 6.45. The van der Waals surface area contributed by atoms with Gasteiger partial charge in [0.05, 0.1) is 16.4 Å². The Balaban J connectivity index is 3.25. The lowest BCUT2D eigenvalue weighted by atomic mass is 10.1. The Morgan fingerprint density at radius 2 is 2.07 bits per heavy atom. The zero-order valence-electron chi connectivity index (χ0n) is 7.56. The van der Waals surface area contributed by atoms with Crippen molar-refractivity contribution in [3.63, 3.8) is 0 Å². The molecule has 0 bridgehead atoms. The van der Waals surface area contributed by atoms with E-state index >= 15 is 0 Å². The maximum Gasteiger partial charge on any atom is 0.339 e. The number of benzene rings is 1. The van der Waals surface area contributed by atoms with E-state index < -0.39 is 11.8 Å². The van der Waals surface area contributed by atoms with Crippen LogP contribution in [0.2, 0.25) is 0 Å². The molecule has 0 saturated heterocycles. The predicted octanol–water partition coefficient (Wildman–Crippen LogP) is 4.16. The minimum atomic E-state index is -0.576. The molecule has 0 aromatic heterocycles. The molecule has 2 nitrogen and oxygen atoms in total. The summed E-state index contributed by atoms with van der Waals surface area (Å²) in [4.78, 5) is 11.2. The number of rotatable bonds is 2. The summed E-state index contributed by atoms with van der Waals surface area (Å²) in [7, 11) is 1.25. The number of ether oxygens (including phenoxy) is 1. The fraction of sp³-hybridized carbons (Fsp3) is 0.222. The molecule has 0 aliphatic carbocycles. The van der Waals surface area contributed by atoms with Crippen LogP contribution in [0.1, 0.15) is 19.7 Å². The summed E-state index contributed by atoms with van der Waals surface area (Å²) in [6.45, 7) is 0. The van der Waals surface area contributed by atoms with E-state index in [1.807, 2.05) is 0 Å². The molecular weight excluding hydrogens is 399 g/mol. The second-order valence-corrected chi connectivity index (χ2v) is 6.56. The van der Waals surface area contributed by atoms with Crippen molar-refractivity contribution in [3.05, 3.63) is 33.5 Å². The highest BCUT2D eigenvalue weighted by atomic mass is 79.9. The van der Waals surface area contributed by atoms with Crippen molar-refractivity contribution in [3.8, 4) is 0 Å². The van der Waals surface area contributed by atoms with Gasteiger partial charge in [0.2, 0.25) is 0 Å². The highest BCUT2D eigenvalue weighted by Crippen LogP contribution is 2.34. The molecule has 0 heterocycles. The molecule has 0 saturated carbocycles. The number of hydrogen-bond acceptors (Lipinski definition) is 2. The van der Waals surface area contributed by atoms with E-state index in [-0.39, 0.29) is 9.30 Å². The smallest absolute Gasteiger partial charge is 0.339 e. The average molecular weight is 405 g/mol. The van der Waals surface area contributed by atoms with Gasteiger partial charge in [0, 0.05) is 10.0 Å². The van der Waals surface area contributed by atoms with Gasteiger partial charge in [-0.3, -0.25) is 0 Å². The summed E-state index contributed by atoms with van der Waals surface area (Å²) in [6, 6.07) is 2.66. The van der Waals surface area contributed by atoms with Gasteiger partial charge in [-0.05, 0) is 28.1 Å². The molecule has 0 unspecified atom stereocenters. The fourth-order valence-electron chi connectivity index (χ4n) is 0.996. The molecule has 0 radical (unpaired) electrons. The molecule has 0 aliphatic heterocycles. The van der Waals surface area contributed by atoms with Crippen LogP contribution in [0.15, 0.2) is 16.6 Å². The maximum atomic E-state index is 13.5. The molecule has 1 aromatic carbocycles. The number of halogens is 4. The van der Waals surface area contributed by atoms with Gasteiger partial charge in [0.1, 0.15) is 5.82 Å². The first-order valence-electron chi connectivity index (χ1n) is 3.82. The van der Waals surface area contributed by atoms with E-state index in [0.29, 0.717) is 10.0 Å². The van der Waals surface area contributed by atoms with E-state index in [1.165, 1.54) is 13.2 Å². The Labute approximate surface area is 112 Å². The number of alkyl halides is 2. The van der Waals surface area contributed by atoms with Gasteiger partial charge < -0.3 is 4.74 Å². The molecule has 0 spiro atoms. The van der Waals surface area contributed by atoms with Crippen LogP contribution in [0.5, 0.6) is 0 Å². The molecule has 1 aromatic rings. The Morgan fingerprint density at radius 1 is 1.47 bits per heavy atom. The molecule has 0 aliphatic rings. The summed E-state index contributed by atoms with van der Waals surface area (Å²) in [5.41, 5.74) is 0.578. The summed E-state index contributed by atoms with van der Waals surface area (Å²) in [5.74, 6) is -1.05. The first kappa shape index (κ1) is 13.1. The van der Waals surface area contributed by atoms with E-state index in [1.54, 1.807) is 0 Å². The molecule has 0 fully saturated rings. The van der Waals surface area contributed by atoms with Gasteiger partial charge >= 0.3 is 5.97 Å². The molecule has 82 valence electrons. The van der Waals surface area contributed by atoms with E-state index in [0.717, 1.165) is 6.07 Å². The molecule has 15 heavy (non-hydrogen) atoms. The van der Waals surface area contributed by atoms with Crippen molar-refractivity contribution in [2.75, 3.05) is 7.11 Å². The van der Waals surface area contributed by atoms with Crippen LogP contribution in [-0.2, 0) is 4.74 Å². The maximum absolute atomic E-state index is 13.5. The van der Waals surface area contributed by atoms with Crippen LogP contribution in [-0.4, -0.2) is 13.1 Å². The largest absolute Gasteiger partial charge is 0.465 e. The topological polar surface area (TPSA) is 26.3 Å². The summed E-state index contributed by atoms with van der Waals surface area (Å²) >= 11 is 9.55. The Morgan fingerprint density at radius 3 is 2.53 bits per heavy atom. The van der Waals surface area contributed by atoms with Crippen molar-refractivity contribution in [2.45, 2.75) is 3.74 Å². The number of methoxy groups -OCH3 is 1. The molecule has 1 rings (SSSR count). The van der Waals surface area contributed by atoms with Gasteiger partial charge in [-0.1, -0.05) is 31.9 Å². The zero-order chi connectivity index (χ0) is 11.6. The Hall–Kier alpha value is 0.0600. The van der Waals surface area contributed by atoms with Gasteiger partial charge in [-0.2, -0.15) is 0 Å². The van der Waals surface area contributed by atoms with E-state index in [9.17, 15) is 9.18 Å². The molecule has 0 amide bonds. The minimum Gasteiger partial charge on any atom is -0.465 e. The number of carbonyl (C=O) groups excluding carboxylic acids is 1. The van der Waals surface area contributed by atoms with Crippen molar-refractivity contribution >= 4 is 53.8 Å². The monoisotopic (exact) mass is 402 g/mol. The van der Waals surface area contributed by atoms with Crippen LogP contribution in [0.4, 0.5) is 4.39 Å². The Bertz CT molecular complexity index is 393. The van der Waals surface area contributed by atoms with Crippen LogP contribution >= 0.6 is 47.8 Å². The standard InChI is InChI=1S/C9H6Br3FO2/c1-15-9(14)4-3-7(13)5(8(11)12)2-6(4)10/h2-3,8H,1H3. The Kier molecular flexibility index (Phi) is 4.73. The van der Waals surface area contributed by atoms with Crippen LogP contribution < -0.4 is 0 Å². The number of esters is 1. The van der Waals surface area contributed by atoms with Crippen molar-refractivity contribution < 1.29 is 13.9 Å². The summed E-state index contributed by atoms with van der Waals surface area (Å²) < 4.78 is 18.2. The SMILES string of the molecule is COC(=O)c1cc(F)c(C(Br)Br)cc1Br. The van der Waals surface area contributed by atoms with E-state index in [2.05, 4.69) is 52.5 Å². The summed E-state index contributed by atoms with van der Waals surface area (Å²) in [6.07, 6.45) is 0. The van der Waals surface area contributed by atoms with Crippen LogP contribution in [0.3, 0.4) is 0 Å². The molecule has 0 atom stereocenters. The first-order chi connectivity index (χ1) is 6.97. The van der Waals surface area contributed by atoms with E-state index in [4.69, 9.17) is 0 Å². The lowest BCUT2D eigenvalue weighted by molar-refractivity contribution is 0.0599. The summed E-state index contributed by atoms with van der Waals surface area (Å²) in [5, 5.41) is 0. The third-order valence-electron chi connectivity index (χ3n) is 1.73. The number of hydrogen-bond donors (Lipinski definition) is 0. The third-order valence-corrected chi connectivity index (χ3v) is 3.37. The predicted molar refractivity (Wildman–Crippen MR) is 66.0 cm³/mol. The van der Waals surface area contributed by atoms with Gasteiger partial charge in [0.25, 0.3) is 0 Å². The normalized spacial score (nSPS) is 10.5. The van der Waals surface area contributed by atoms with Gasteiger partial charge in [0.15, 0.2) is 0 Å². The minimum absolute atomic E-state index is 0.166. The second-order valence-electron chi connectivity index (χ2n) is 2.65. The zero-order valence-corrected chi connectivity index (χ0v) is 12.3. The highest BCUT2D eigenvalue weighted by Gasteiger charge is 2.17. The third kappa shape index (κ3) is 3.01. The molecular formula is C9H6Br3FO2. The van der Waals surface area contributed by atoms with Crippen LogP contribution in [0, 0.1) is 5.82 Å². The van der Waals surface area contributed by atoms with Gasteiger partial charge in [-0.15, -0.1) is 0 Å². The molecule has 0 N–H and O–H groups in total. The number of carbonyl (C=O) groups is 1. The van der Waals surface area contributed by atoms with Crippen molar-refractivity contribution in [2.24, 2.45) is 0 Å². The van der Waals surface area contributed by atoms with Crippen molar-refractivity contribution in [1.29, 1.82) is 0 Å². The quantitative estimate of drug-likeness (QED) is 0.546. The molecule has 6 heteroatoms. The lowest BCUT2D eigenvalue weighted by Gasteiger charge is -2.08.